The Morgan fingerprint density at radius 2 is 0.961 bits per heavy atom. The molecule has 8 N–H and O–H groups in total. The van der Waals surface area contributed by atoms with Crippen LogP contribution in [0.15, 0.2) is 102 Å². The zero-order valence-corrected chi connectivity index (χ0v) is 44.9. The first-order valence-electron chi connectivity index (χ1n) is 27.4. The number of primary sulfonamides is 1. The summed E-state index contributed by atoms with van der Waals surface area (Å²) in [4.78, 5) is 13.1. The third-order valence-corrected chi connectivity index (χ3v) is 15.9. The molecule has 14 atom stereocenters. The third kappa shape index (κ3) is 17.1. The Morgan fingerprint density at radius 1 is 0.558 bits per heavy atom. The van der Waals surface area contributed by atoms with Crippen molar-refractivity contribution < 1.29 is 76.6 Å². The highest BCUT2D eigenvalue weighted by Gasteiger charge is 2.37. The van der Waals surface area contributed by atoms with Crippen LogP contribution in [0.3, 0.4) is 0 Å². The van der Waals surface area contributed by atoms with Crippen LogP contribution >= 0.6 is 0 Å². The number of phenolic OH excluding ortho intramolecular Hbond substituents is 3. The normalized spacial score (nSPS) is 28.8. The van der Waals surface area contributed by atoms with E-state index in [2.05, 4.69) is 12.2 Å². The number of carbonyl (C=O) groups is 1. The van der Waals surface area contributed by atoms with Crippen LogP contribution in [0.4, 0.5) is 0 Å². The number of benzene rings is 4. The number of aliphatic hydroxyl groups excluding tert-OH is 2. The molecule has 1 amide bonds. The van der Waals surface area contributed by atoms with E-state index in [0.29, 0.717) is 100 Å². The number of aliphatic hydroxyl groups is 2. The van der Waals surface area contributed by atoms with E-state index >= 15 is 0 Å². The monoisotopic (exact) mass is 1090 g/mol. The largest absolute Gasteiger partial charge is 0.507 e. The summed E-state index contributed by atoms with van der Waals surface area (Å²) >= 11 is 0. The van der Waals surface area contributed by atoms with Gasteiger partial charge in [-0.15, -0.1) is 0 Å². The Balaban J connectivity index is 0.840. The molecule has 77 heavy (non-hydrogen) atoms. The van der Waals surface area contributed by atoms with Gasteiger partial charge in [-0.1, -0.05) is 61.5 Å². The van der Waals surface area contributed by atoms with Gasteiger partial charge in [-0.25, -0.2) is 13.6 Å². The average Bonchev–Trinajstić information content (AvgIpc) is 3.41. The molecule has 4 saturated heterocycles. The molecule has 4 aromatic carbocycles. The number of para-hydroxylation sites is 3. The van der Waals surface area contributed by atoms with E-state index in [-0.39, 0.29) is 77.0 Å². The summed E-state index contributed by atoms with van der Waals surface area (Å²) in [5.41, 5.74) is 1.92. The van der Waals surface area contributed by atoms with Crippen molar-refractivity contribution in [1.82, 2.24) is 5.32 Å². The highest BCUT2D eigenvalue weighted by molar-refractivity contribution is 7.89. The van der Waals surface area contributed by atoms with Crippen molar-refractivity contribution in [2.45, 2.75) is 208 Å². The quantitative estimate of drug-likeness (QED) is 0.0346. The van der Waals surface area contributed by atoms with Crippen molar-refractivity contribution in [3.63, 3.8) is 0 Å². The fraction of sp³-hybridized carbons (Fsp3) is 0.569. The van der Waals surface area contributed by atoms with Gasteiger partial charge in [0.15, 0.2) is 25.2 Å². The molecule has 8 rings (SSSR count). The van der Waals surface area contributed by atoms with Gasteiger partial charge in [0.1, 0.15) is 17.2 Å². The summed E-state index contributed by atoms with van der Waals surface area (Å²) in [5, 5.41) is 62.6. The first kappa shape index (κ1) is 58.4. The lowest BCUT2D eigenvalue weighted by Gasteiger charge is -2.38. The number of carbonyl (C=O) groups excluding carboxylic acids is 1. The van der Waals surface area contributed by atoms with E-state index < -0.39 is 59.4 Å². The molecule has 0 aromatic heterocycles. The topological polar surface area (TPSA) is 264 Å². The number of hydrogen-bond donors (Lipinski definition) is 7. The van der Waals surface area contributed by atoms with Crippen LogP contribution in [-0.2, 0) is 47.9 Å². The van der Waals surface area contributed by atoms with Gasteiger partial charge in [0.2, 0.25) is 10.0 Å². The van der Waals surface area contributed by atoms with Crippen LogP contribution in [0.1, 0.15) is 162 Å². The summed E-state index contributed by atoms with van der Waals surface area (Å²) < 4.78 is 74.0. The van der Waals surface area contributed by atoms with Gasteiger partial charge in [-0.2, -0.15) is 0 Å². The van der Waals surface area contributed by atoms with Gasteiger partial charge >= 0.3 is 0 Å². The number of hydrogen-bond acceptors (Lipinski definition) is 16. The summed E-state index contributed by atoms with van der Waals surface area (Å²) in [6, 6.07) is 26.2. The number of rotatable bonds is 24. The molecule has 19 heteroatoms. The van der Waals surface area contributed by atoms with Crippen molar-refractivity contribution >= 4 is 15.9 Å². The number of sulfonamides is 1. The van der Waals surface area contributed by atoms with Crippen molar-refractivity contribution in [2.75, 3.05) is 6.54 Å². The fourth-order valence-corrected chi connectivity index (χ4v) is 11.4. The van der Waals surface area contributed by atoms with Crippen LogP contribution in [0, 0.1) is 0 Å². The highest BCUT2D eigenvalue weighted by Crippen LogP contribution is 2.40. The van der Waals surface area contributed by atoms with Crippen molar-refractivity contribution in [1.29, 1.82) is 0 Å². The number of phenols is 3. The molecular formula is C58H78N2O16S. The van der Waals surface area contributed by atoms with Gasteiger partial charge in [0.05, 0.1) is 72.5 Å². The number of ether oxygens (including phenoxy) is 8. The lowest BCUT2D eigenvalue weighted by molar-refractivity contribution is -0.253. The molecule has 4 aromatic rings. The maximum Gasteiger partial charge on any atom is 0.251 e. The van der Waals surface area contributed by atoms with Crippen LogP contribution in [-0.4, -0.2) is 114 Å². The number of nitrogens with one attached hydrogen (secondary N) is 1. The predicted molar refractivity (Wildman–Crippen MR) is 283 cm³/mol. The molecule has 0 radical (unpaired) electrons. The maximum absolute atomic E-state index is 13.2. The summed E-state index contributed by atoms with van der Waals surface area (Å²) in [7, 11) is -3.93. The van der Waals surface area contributed by atoms with Gasteiger partial charge in [0.25, 0.3) is 5.91 Å². The van der Waals surface area contributed by atoms with E-state index in [1.807, 2.05) is 25.1 Å². The lowest BCUT2D eigenvalue weighted by atomic mass is 9.95. The summed E-state index contributed by atoms with van der Waals surface area (Å²) in [6.45, 7) is 4.04. The minimum atomic E-state index is -3.93. The van der Waals surface area contributed by atoms with Crippen LogP contribution in [0.25, 0.3) is 0 Å². The van der Waals surface area contributed by atoms with E-state index in [1.54, 1.807) is 54.6 Å². The Morgan fingerprint density at radius 3 is 1.45 bits per heavy atom. The molecule has 4 fully saturated rings. The molecule has 18 nitrogen and oxygen atoms in total. The number of aromatic hydroxyl groups is 3. The van der Waals surface area contributed by atoms with Crippen LogP contribution < -0.4 is 10.5 Å². The van der Waals surface area contributed by atoms with E-state index in [1.165, 1.54) is 24.3 Å². The molecule has 13 unspecified atom stereocenters. The minimum absolute atomic E-state index is 0.00661. The molecule has 4 aliphatic rings. The predicted octanol–water partition coefficient (Wildman–Crippen LogP) is 8.74. The van der Waals surface area contributed by atoms with E-state index in [9.17, 15) is 38.7 Å². The number of nitrogens with two attached hydrogens (primary N) is 1. The third-order valence-electron chi connectivity index (χ3n) is 14.9. The SMILES string of the molecule is CCC1CC(CCCC2CC(CC(O)CCCC3CC(CCCC(O)CC4C[C@H](C)OC(c5ccccc5O)O4)OC(c4ccccc4O)O3)OC(CNC(=O)c3ccc(S(N)(=O)=O)cc3)O2)OC(c2ccccc2O)O1. The number of amides is 1. The molecule has 4 aliphatic heterocycles. The molecule has 0 bridgehead atoms. The van der Waals surface area contributed by atoms with E-state index in [4.69, 9.17) is 43.0 Å². The summed E-state index contributed by atoms with van der Waals surface area (Å²) in [5.74, 6) is -0.160. The van der Waals surface area contributed by atoms with Crippen LogP contribution in [0.5, 0.6) is 17.2 Å². The van der Waals surface area contributed by atoms with Gasteiger partial charge in [-0.05, 0) is 133 Å². The average molecular weight is 1090 g/mol. The Labute approximate surface area is 452 Å². The fourth-order valence-electron chi connectivity index (χ4n) is 10.9. The van der Waals surface area contributed by atoms with E-state index in [0.717, 1.165) is 19.3 Å². The first-order chi connectivity index (χ1) is 37.1. The van der Waals surface area contributed by atoms with Gasteiger partial charge in [-0.3, -0.25) is 4.79 Å². The molecular weight excluding hydrogens is 1010 g/mol. The second-order valence-corrected chi connectivity index (χ2v) is 22.6. The highest BCUT2D eigenvalue weighted by atomic mass is 32.2. The van der Waals surface area contributed by atoms with Gasteiger partial charge in [0, 0.05) is 41.5 Å². The molecule has 0 spiro atoms. The second-order valence-electron chi connectivity index (χ2n) is 21.1. The molecule has 0 aliphatic carbocycles. The second kappa shape index (κ2) is 27.9. The summed E-state index contributed by atoms with van der Waals surface area (Å²) in [6.07, 6.45) is 3.79. The molecule has 422 valence electrons. The van der Waals surface area contributed by atoms with Crippen molar-refractivity contribution in [3.05, 3.63) is 119 Å². The smallest absolute Gasteiger partial charge is 0.251 e. The molecule has 0 saturated carbocycles. The lowest BCUT2D eigenvalue weighted by Crippen LogP contribution is -2.45. The van der Waals surface area contributed by atoms with Crippen molar-refractivity contribution in [2.24, 2.45) is 5.14 Å². The standard InChI is InChI=1S/C58H78N2O16S/c1-3-40-32-42(73-57(72-40)49-20-5-8-23-52(49)64)18-12-17-41-34-46(71-54(70-41)35-60-55(66)37-25-27-47(28-26-37)77(59,67)68)31-39(62)14-11-16-44-33-43(74-58(75-44)50-21-6-9-24-53(50)65)15-10-13-38(61)30-45-29-36(2)69-56(76-45)48-19-4-7-22-51(48)63/h4-9,19-28,36,38-46,54,56-58,61-65H,3,10-18,29-35H2,1-2H3,(H,60,66)(H2,59,67,68)/t36-,38?,39?,40?,41?,42?,43?,44?,45?,46?,54?,56?,57?,58?/m0/s1. The zero-order valence-electron chi connectivity index (χ0n) is 44.1. The maximum atomic E-state index is 13.2. The minimum Gasteiger partial charge on any atom is -0.507 e. The molecule has 4 heterocycles. The van der Waals surface area contributed by atoms with Crippen molar-refractivity contribution in [3.8, 4) is 17.2 Å². The first-order valence-corrected chi connectivity index (χ1v) is 29.0. The Hall–Kier alpha value is -4.74. The Bertz CT molecular complexity index is 2590. The van der Waals surface area contributed by atoms with Gasteiger partial charge < -0.3 is 68.7 Å². The van der Waals surface area contributed by atoms with Crippen LogP contribution in [0.2, 0.25) is 0 Å². The Kier molecular flexibility index (Phi) is 21.2. The zero-order chi connectivity index (χ0) is 54.5.